The predicted octanol–water partition coefficient (Wildman–Crippen LogP) is 2.56. The number of ether oxygens (including phenoxy) is 2. The van der Waals surface area contributed by atoms with Crippen molar-refractivity contribution in [3.63, 3.8) is 0 Å². The molecule has 0 aliphatic carbocycles. The maximum Gasteiger partial charge on any atom is 0.231 e. The summed E-state index contributed by atoms with van der Waals surface area (Å²) in [7, 11) is 1.99. The first kappa shape index (κ1) is 11.6. The van der Waals surface area contributed by atoms with E-state index in [9.17, 15) is 0 Å². The van der Waals surface area contributed by atoms with E-state index in [0.29, 0.717) is 6.79 Å². The molecule has 0 fully saturated rings. The number of nitrogens with zero attached hydrogens (tertiary/aromatic N) is 2. The average Bonchev–Trinajstić information content (AvgIpc) is 2.95. The third-order valence-corrected chi connectivity index (χ3v) is 3.94. The molecule has 1 aromatic heterocycles. The summed E-state index contributed by atoms with van der Waals surface area (Å²) in [5.41, 5.74) is 3.45. The zero-order chi connectivity index (χ0) is 13.5. The molecule has 3 heterocycles. The van der Waals surface area contributed by atoms with Gasteiger partial charge >= 0.3 is 0 Å². The van der Waals surface area contributed by atoms with Crippen molar-refractivity contribution in [1.29, 1.82) is 0 Å². The second-order valence-corrected chi connectivity index (χ2v) is 5.25. The average molecular weight is 271 g/mol. The molecule has 0 atom stereocenters. The van der Waals surface area contributed by atoms with Crippen LogP contribution in [0.5, 0.6) is 11.5 Å². The molecule has 2 aliphatic heterocycles. The SMILES string of the molecule is Cn1nc(-c2ccc3c(c2)OCO3)c2c1NCCCC2. The van der Waals surface area contributed by atoms with Crippen LogP contribution < -0.4 is 14.8 Å². The molecule has 5 heteroatoms. The first-order chi connectivity index (χ1) is 9.83. The minimum absolute atomic E-state index is 0.306. The summed E-state index contributed by atoms with van der Waals surface area (Å²) >= 11 is 0. The molecule has 0 unspecified atom stereocenters. The van der Waals surface area contributed by atoms with Gasteiger partial charge in [-0.25, -0.2) is 0 Å². The number of anilines is 1. The number of hydrogen-bond acceptors (Lipinski definition) is 4. The van der Waals surface area contributed by atoms with Crippen molar-refractivity contribution in [2.45, 2.75) is 19.3 Å². The molecule has 0 bridgehead atoms. The maximum atomic E-state index is 5.46. The molecular weight excluding hydrogens is 254 g/mol. The second-order valence-electron chi connectivity index (χ2n) is 5.25. The summed E-state index contributed by atoms with van der Waals surface area (Å²) < 4.78 is 12.8. The van der Waals surface area contributed by atoms with Gasteiger partial charge in [-0.1, -0.05) is 0 Å². The Labute approximate surface area is 117 Å². The van der Waals surface area contributed by atoms with Crippen LogP contribution in [-0.4, -0.2) is 23.1 Å². The second kappa shape index (κ2) is 4.44. The first-order valence-electron chi connectivity index (χ1n) is 7.03. The molecule has 0 radical (unpaired) electrons. The van der Waals surface area contributed by atoms with Gasteiger partial charge in [0.2, 0.25) is 6.79 Å². The van der Waals surface area contributed by atoms with Crippen LogP contribution in [0.25, 0.3) is 11.3 Å². The molecule has 2 aromatic rings. The molecule has 104 valence electrons. The molecule has 0 spiro atoms. The summed E-state index contributed by atoms with van der Waals surface area (Å²) in [5.74, 6) is 2.77. The van der Waals surface area contributed by atoms with E-state index in [-0.39, 0.29) is 0 Å². The number of aryl methyl sites for hydroxylation is 1. The van der Waals surface area contributed by atoms with Crippen LogP contribution in [0.1, 0.15) is 18.4 Å². The molecule has 5 nitrogen and oxygen atoms in total. The Hall–Kier alpha value is -2.17. The van der Waals surface area contributed by atoms with Crippen molar-refractivity contribution in [1.82, 2.24) is 9.78 Å². The number of aromatic nitrogens is 2. The summed E-state index contributed by atoms with van der Waals surface area (Å²) in [4.78, 5) is 0. The van der Waals surface area contributed by atoms with Crippen LogP contribution in [0.4, 0.5) is 5.82 Å². The summed E-state index contributed by atoms with van der Waals surface area (Å²) in [6, 6.07) is 6.04. The monoisotopic (exact) mass is 271 g/mol. The van der Waals surface area contributed by atoms with Crippen LogP contribution in [0.2, 0.25) is 0 Å². The third-order valence-electron chi connectivity index (χ3n) is 3.94. The van der Waals surface area contributed by atoms with Crippen LogP contribution in [0, 0.1) is 0 Å². The number of rotatable bonds is 1. The van der Waals surface area contributed by atoms with Crippen molar-refractivity contribution in [2.24, 2.45) is 7.05 Å². The Morgan fingerprint density at radius 2 is 2.10 bits per heavy atom. The van der Waals surface area contributed by atoms with Gasteiger partial charge in [-0.15, -0.1) is 0 Å². The molecule has 0 saturated heterocycles. The Morgan fingerprint density at radius 1 is 1.20 bits per heavy atom. The van der Waals surface area contributed by atoms with Crippen LogP contribution in [0.15, 0.2) is 18.2 Å². The van der Waals surface area contributed by atoms with Crippen molar-refractivity contribution < 1.29 is 9.47 Å². The highest BCUT2D eigenvalue weighted by Crippen LogP contribution is 2.38. The lowest BCUT2D eigenvalue weighted by molar-refractivity contribution is 0.174. The molecule has 2 aliphatic rings. The van der Waals surface area contributed by atoms with Gasteiger partial charge in [-0.3, -0.25) is 4.68 Å². The van der Waals surface area contributed by atoms with Gasteiger partial charge in [0, 0.05) is 24.7 Å². The van der Waals surface area contributed by atoms with E-state index in [0.717, 1.165) is 41.5 Å². The number of benzene rings is 1. The molecule has 20 heavy (non-hydrogen) atoms. The van der Waals surface area contributed by atoms with Gasteiger partial charge < -0.3 is 14.8 Å². The Bertz CT molecular complexity index is 663. The third kappa shape index (κ3) is 1.73. The number of fused-ring (bicyclic) bond motifs is 2. The molecule has 1 aromatic carbocycles. The number of hydrogen-bond donors (Lipinski definition) is 1. The molecule has 0 amide bonds. The fourth-order valence-corrected chi connectivity index (χ4v) is 2.94. The Morgan fingerprint density at radius 3 is 3.05 bits per heavy atom. The van der Waals surface area contributed by atoms with Crippen molar-refractivity contribution >= 4 is 5.82 Å². The van der Waals surface area contributed by atoms with E-state index >= 15 is 0 Å². The van der Waals surface area contributed by atoms with E-state index < -0.39 is 0 Å². The minimum atomic E-state index is 0.306. The summed E-state index contributed by atoms with van der Waals surface area (Å²) in [5, 5.41) is 8.17. The van der Waals surface area contributed by atoms with Crippen LogP contribution >= 0.6 is 0 Å². The van der Waals surface area contributed by atoms with Gasteiger partial charge in [0.05, 0.1) is 5.69 Å². The topological polar surface area (TPSA) is 48.3 Å². The largest absolute Gasteiger partial charge is 0.454 e. The maximum absolute atomic E-state index is 5.46. The van der Waals surface area contributed by atoms with Gasteiger partial charge in [-0.05, 0) is 37.5 Å². The minimum Gasteiger partial charge on any atom is -0.454 e. The van der Waals surface area contributed by atoms with Crippen LogP contribution in [-0.2, 0) is 13.5 Å². The van der Waals surface area contributed by atoms with E-state index in [1.807, 2.05) is 23.9 Å². The van der Waals surface area contributed by atoms with Gasteiger partial charge in [0.1, 0.15) is 5.82 Å². The standard InChI is InChI=1S/C15H17N3O2/c1-18-15-11(4-2-3-7-16-15)14(17-18)10-5-6-12-13(8-10)20-9-19-12/h5-6,8,16H,2-4,7,9H2,1H3. The normalized spacial score (nSPS) is 16.4. The van der Waals surface area contributed by atoms with E-state index in [2.05, 4.69) is 16.5 Å². The van der Waals surface area contributed by atoms with Crippen molar-refractivity contribution in [3.8, 4) is 22.8 Å². The van der Waals surface area contributed by atoms with Crippen molar-refractivity contribution in [2.75, 3.05) is 18.7 Å². The highest BCUT2D eigenvalue weighted by molar-refractivity contribution is 5.72. The van der Waals surface area contributed by atoms with Crippen molar-refractivity contribution in [3.05, 3.63) is 23.8 Å². The number of nitrogens with one attached hydrogen (secondary N) is 1. The van der Waals surface area contributed by atoms with Gasteiger partial charge in [0.15, 0.2) is 11.5 Å². The lowest BCUT2D eigenvalue weighted by Crippen LogP contribution is -2.04. The van der Waals surface area contributed by atoms with Gasteiger partial charge in [-0.2, -0.15) is 5.10 Å². The quantitative estimate of drug-likeness (QED) is 0.866. The zero-order valence-corrected chi connectivity index (χ0v) is 11.5. The van der Waals surface area contributed by atoms with E-state index in [1.54, 1.807) is 0 Å². The lowest BCUT2D eigenvalue weighted by atomic mass is 10.0. The van der Waals surface area contributed by atoms with Crippen LogP contribution in [0.3, 0.4) is 0 Å². The fourth-order valence-electron chi connectivity index (χ4n) is 2.94. The highest BCUT2D eigenvalue weighted by Gasteiger charge is 2.21. The zero-order valence-electron chi connectivity index (χ0n) is 11.5. The summed E-state index contributed by atoms with van der Waals surface area (Å²) in [6.07, 6.45) is 3.47. The fraction of sp³-hybridized carbons (Fsp3) is 0.400. The summed E-state index contributed by atoms with van der Waals surface area (Å²) in [6.45, 7) is 1.33. The van der Waals surface area contributed by atoms with E-state index in [4.69, 9.17) is 9.47 Å². The molecule has 1 N–H and O–H groups in total. The Kier molecular flexibility index (Phi) is 2.58. The first-order valence-corrected chi connectivity index (χ1v) is 7.03. The molecule has 0 saturated carbocycles. The van der Waals surface area contributed by atoms with E-state index in [1.165, 1.54) is 18.4 Å². The smallest absolute Gasteiger partial charge is 0.231 e. The highest BCUT2D eigenvalue weighted by atomic mass is 16.7. The molecule has 4 rings (SSSR count). The predicted molar refractivity (Wildman–Crippen MR) is 76.2 cm³/mol. The Balaban J connectivity index is 1.82. The molecular formula is C15H17N3O2. The lowest BCUT2D eigenvalue weighted by Gasteiger charge is -2.04. The van der Waals surface area contributed by atoms with Gasteiger partial charge in [0.25, 0.3) is 0 Å².